The van der Waals surface area contributed by atoms with Crippen molar-refractivity contribution in [1.29, 1.82) is 0 Å². The summed E-state index contributed by atoms with van der Waals surface area (Å²) in [6.07, 6.45) is 4.32. The number of carbonyl (C=O) groups is 1. The second-order valence-corrected chi connectivity index (χ2v) is 7.34. The van der Waals surface area contributed by atoms with Crippen LogP contribution in [0.15, 0.2) is 6.20 Å². The molecule has 2 amide bonds. The van der Waals surface area contributed by atoms with Crippen molar-refractivity contribution in [3.8, 4) is 0 Å². The Kier molecular flexibility index (Phi) is 5.99. The molecular weight excluding hydrogens is 284 g/mol. The third-order valence-corrected chi connectivity index (χ3v) is 5.05. The topological polar surface area (TPSA) is 57.3 Å². The third-order valence-electron chi connectivity index (χ3n) is 3.90. The molecule has 2 N–H and O–H groups in total. The predicted molar refractivity (Wildman–Crippen MR) is 86.9 cm³/mol. The largest absolute Gasteiger partial charge is 0.338 e. The molecule has 2 rings (SSSR count). The Bertz CT molecular complexity index is 462. The molecule has 1 aliphatic rings. The smallest absolute Gasteiger partial charge is 0.314 e. The van der Waals surface area contributed by atoms with Crippen molar-refractivity contribution in [3.05, 3.63) is 16.1 Å². The number of aromatic nitrogens is 1. The van der Waals surface area contributed by atoms with Crippen LogP contribution in [-0.2, 0) is 0 Å². The van der Waals surface area contributed by atoms with Gasteiger partial charge in [0, 0.05) is 36.6 Å². The quantitative estimate of drug-likeness (QED) is 0.876. The van der Waals surface area contributed by atoms with Crippen molar-refractivity contribution in [3.63, 3.8) is 0 Å². The molecule has 6 heteroatoms. The first kappa shape index (κ1) is 16.2. The molecule has 0 bridgehead atoms. The number of hydrogen-bond donors (Lipinski definition) is 2. The van der Waals surface area contributed by atoms with Gasteiger partial charge in [-0.25, -0.2) is 9.78 Å². The highest BCUT2D eigenvalue weighted by Gasteiger charge is 2.18. The molecule has 0 saturated carbocycles. The molecule has 5 nitrogen and oxygen atoms in total. The first-order chi connectivity index (χ1) is 10.0. The molecule has 0 aliphatic carbocycles. The fourth-order valence-corrected chi connectivity index (χ4v) is 3.50. The summed E-state index contributed by atoms with van der Waals surface area (Å²) in [5.74, 6) is 0.837. The van der Waals surface area contributed by atoms with E-state index in [1.807, 2.05) is 6.20 Å². The maximum atomic E-state index is 11.9. The zero-order valence-corrected chi connectivity index (χ0v) is 14.0. The summed E-state index contributed by atoms with van der Waals surface area (Å²) in [6, 6.07) is -0.0663. The summed E-state index contributed by atoms with van der Waals surface area (Å²) >= 11 is 1.70. The Morgan fingerprint density at radius 3 is 3.05 bits per heavy atom. The van der Waals surface area contributed by atoms with E-state index in [9.17, 15) is 4.79 Å². The van der Waals surface area contributed by atoms with E-state index in [4.69, 9.17) is 0 Å². The number of urea groups is 1. The zero-order valence-electron chi connectivity index (χ0n) is 13.2. The third kappa shape index (κ3) is 5.28. The van der Waals surface area contributed by atoms with Crippen LogP contribution in [0.4, 0.5) is 4.79 Å². The van der Waals surface area contributed by atoms with Gasteiger partial charge in [0.2, 0.25) is 0 Å². The summed E-state index contributed by atoms with van der Waals surface area (Å²) in [6.45, 7) is 7.79. The fraction of sp³-hybridized carbons (Fsp3) is 0.733. The molecule has 1 fully saturated rings. The molecule has 1 saturated heterocycles. The maximum Gasteiger partial charge on any atom is 0.314 e. The van der Waals surface area contributed by atoms with Crippen LogP contribution in [0, 0.1) is 12.8 Å². The maximum absolute atomic E-state index is 11.9. The molecular formula is C15H26N4OS. The number of thiazole rings is 1. The molecule has 0 spiro atoms. The number of aryl methyl sites for hydroxylation is 1. The first-order valence-corrected chi connectivity index (χ1v) is 8.49. The van der Waals surface area contributed by atoms with E-state index in [0.717, 1.165) is 18.1 Å². The Labute approximate surface area is 131 Å². The van der Waals surface area contributed by atoms with Crippen molar-refractivity contribution in [2.24, 2.45) is 5.92 Å². The van der Waals surface area contributed by atoms with Gasteiger partial charge in [-0.3, -0.25) is 0 Å². The van der Waals surface area contributed by atoms with Gasteiger partial charge in [-0.2, -0.15) is 0 Å². The summed E-state index contributed by atoms with van der Waals surface area (Å²) in [7, 11) is 2.14. The predicted octanol–water partition coefficient (Wildman–Crippen LogP) is 2.20. The summed E-state index contributed by atoms with van der Waals surface area (Å²) in [5.41, 5.74) is 0. The van der Waals surface area contributed by atoms with E-state index in [2.05, 4.69) is 41.4 Å². The molecule has 0 radical (unpaired) electrons. The van der Waals surface area contributed by atoms with Crippen LogP contribution in [0.2, 0.25) is 0 Å². The van der Waals surface area contributed by atoms with Gasteiger partial charge in [0.15, 0.2) is 0 Å². The molecule has 2 atom stereocenters. The molecule has 1 aromatic rings. The molecule has 118 valence electrons. The van der Waals surface area contributed by atoms with Crippen LogP contribution in [0.25, 0.3) is 0 Å². The summed E-state index contributed by atoms with van der Waals surface area (Å²) in [5, 5.41) is 7.02. The Balaban J connectivity index is 1.65. The number of likely N-dealkylation sites (tertiary alicyclic amines) is 1. The van der Waals surface area contributed by atoms with Crippen LogP contribution in [0.1, 0.15) is 35.6 Å². The van der Waals surface area contributed by atoms with Gasteiger partial charge in [0.1, 0.15) is 0 Å². The van der Waals surface area contributed by atoms with Crippen LogP contribution in [-0.4, -0.2) is 49.1 Å². The fourth-order valence-electron chi connectivity index (χ4n) is 2.67. The summed E-state index contributed by atoms with van der Waals surface area (Å²) in [4.78, 5) is 19.8. The van der Waals surface area contributed by atoms with Gasteiger partial charge in [0.05, 0.1) is 5.01 Å². The lowest BCUT2D eigenvalue weighted by Gasteiger charge is -2.29. The van der Waals surface area contributed by atoms with Crippen molar-refractivity contribution < 1.29 is 4.79 Å². The van der Waals surface area contributed by atoms with Crippen LogP contribution in [0.3, 0.4) is 0 Å². The highest BCUT2D eigenvalue weighted by molar-refractivity contribution is 7.11. The van der Waals surface area contributed by atoms with E-state index in [0.29, 0.717) is 12.5 Å². The average molecular weight is 310 g/mol. The zero-order chi connectivity index (χ0) is 15.2. The Hall–Kier alpha value is -1.14. The number of carbonyl (C=O) groups excluding carboxylic acids is 1. The second-order valence-electron chi connectivity index (χ2n) is 6.07. The molecule has 21 heavy (non-hydrogen) atoms. The SMILES string of the molecule is Cc1cnc([C@@H](C)CNC(=O)NC[C@@H]2CCCN(C)C2)s1. The van der Waals surface area contributed by atoms with Crippen molar-refractivity contribution in [2.45, 2.75) is 32.6 Å². The number of amides is 2. The van der Waals surface area contributed by atoms with Crippen molar-refractivity contribution >= 4 is 17.4 Å². The van der Waals surface area contributed by atoms with Crippen LogP contribution >= 0.6 is 11.3 Å². The molecule has 2 heterocycles. The number of hydrogen-bond acceptors (Lipinski definition) is 4. The van der Waals surface area contributed by atoms with E-state index in [-0.39, 0.29) is 11.9 Å². The number of nitrogens with zero attached hydrogens (tertiary/aromatic N) is 2. The minimum absolute atomic E-state index is 0.0663. The normalized spacial score (nSPS) is 21.0. The minimum atomic E-state index is -0.0663. The van der Waals surface area contributed by atoms with Gasteiger partial charge in [0.25, 0.3) is 0 Å². The highest BCUT2D eigenvalue weighted by atomic mass is 32.1. The standard InChI is InChI=1S/C15H26N4OS/c1-11(14-16-8-12(2)21-14)7-17-15(20)18-9-13-5-4-6-19(3)10-13/h8,11,13H,4-7,9-10H2,1-3H3,(H2,17,18,20)/t11-,13-/m0/s1. The minimum Gasteiger partial charge on any atom is -0.338 e. The lowest BCUT2D eigenvalue weighted by atomic mass is 9.99. The van der Waals surface area contributed by atoms with Crippen LogP contribution in [0.5, 0.6) is 0 Å². The number of rotatable bonds is 5. The van der Waals surface area contributed by atoms with E-state index >= 15 is 0 Å². The lowest BCUT2D eigenvalue weighted by Crippen LogP contribution is -2.43. The van der Waals surface area contributed by atoms with E-state index in [1.165, 1.54) is 24.3 Å². The first-order valence-electron chi connectivity index (χ1n) is 7.67. The monoisotopic (exact) mass is 310 g/mol. The molecule has 1 aliphatic heterocycles. The number of nitrogens with one attached hydrogen (secondary N) is 2. The Morgan fingerprint density at radius 2 is 2.38 bits per heavy atom. The summed E-state index contributed by atoms with van der Waals surface area (Å²) < 4.78 is 0. The van der Waals surface area contributed by atoms with Gasteiger partial charge in [-0.05, 0) is 39.3 Å². The average Bonchev–Trinajstić information content (AvgIpc) is 2.89. The van der Waals surface area contributed by atoms with Gasteiger partial charge in [-0.15, -0.1) is 11.3 Å². The van der Waals surface area contributed by atoms with Crippen molar-refractivity contribution in [1.82, 2.24) is 20.5 Å². The van der Waals surface area contributed by atoms with E-state index < -0.39 is 0 Å². The van der Waals surface area contributed by atoms with Gasteiger partial charge in [-0.1, -0.05) is 6.92 Å². The Morgan fingerprint density at radius 1 is 1.57 bits per heavy atom. The second kappa shape index (κ2) is 7.75. The van der Waals surface area contributed by atoms with Gasteiger partial charge >= 0.3 is 6.03 Å². The number of piperidine rings is 1. The molecule has 0 aromatic carbocycles. The highest BCUT2D eigenvalue weighted by Crippen LogP contribution is 2.20. The van der Waals surface area contributed by atoms with E-state index in [1.54, 1.807) is 11.3 Å². The van der Waals surface area contributed by atoms with Crippen LogP contribution < -0.4 is 10.6 Å². The van der Waals surface area contributed by atoms with Gasteiger partial charge < -0.3 is 15.5 Å². The molecule has 1 aromatic heterocycles. The van der Waals surface area contributed by atoms with Crippen molar-refractivity contribution in [2.75, 3.05) is 33.2 Å². The molecule has 0 unspecified atom stereocenters. The lowest BCUT2D eigenvalue weighted by molar-refractivity contribution is 0.202.